The maximum atomic E-state index is 6.59. The summed E-state index contributed by atoms with van der Waals surface area (Å²) in [6, 6.07) is 55.7. The van der Waals surface area contributed by atoms with Gasteiger partial charge in [-0.2, -0.15) is 0 Å². The minimum Gasteiger partial charge on any atom is -0.456 e. The van der Waals surface area contributed by atoms with Gasteiger partial charge < -0.3 is 8.83 Å². The zero-order valence-corrected chi connectivity index (χ0v) is 26.7. The van der Waals surface area contributed by atoms with Crippen LogP contribution in [0, 0.1) is 0 Å². The van der Waals surface area contributed by atoms with Crippen LogP contribution in [0.15, 0.2) is 173 Å². The van der Waals surface area contributed by atoms with E-state index in [-0.39, 0.29) is 0 Å². The van der Waals surface area contributed by atoms with E-state index in [1.807, 2.05) is 91.0 Å². The molecule has 10 aromatic rings. The molecule has 0 aliphatic carbocycles. The number of para-hydroxylation sites is 1. The molecule has 0 N–H and O–H groups in total. The standard InChI is InChI=1S/C45H27N3O2/c1-4-12-28(13-5-1)33-23-24-34(42-41(33)36-18-10-11-19-38(36)50-42)31-21-25-39-37(26-31)35-22-20-32(27-40(35)49-39)45-47-43(29-14-6-2-7-15-29)46-44(48-45)30-16-8-3-9-17-30/h1-27H. The lowest BCUT2D eigenvalue weighted by Crippen LogP contribution is -2.00. The van der Waals surface area contributed by atoms with E-state index in [1.54, 1.807) is 0 Å². The second-order valence-corrected chi connectivity index (χ2v) is 12.4. The van der Waals surface area contributed by atoms with Gasteiger partial charge in [0.1, 0.15) is 22.3 Å². The minimum absolute atomic E-state index is 0.589. The maximum absolute atomic E-state index is 6.59. The fraction of sp³-hybridized carbons (Fsp3) is 0. The Morgan fingerprint density at radius 1 is 0.320 bits per heavy atom. The zero-order chi connectivity index (χ0) is 33.0. The number of furan rings is 2. The third-order valence-electron chi connectivity index (χ3n) is 9.35. The summed E-state index contributed by atoms with van der Waals surface area (Å²) < 4.78 is 13.0. The van der Waals surface area contributed by atoms with Gasteiger partial charge in [-0.15, -0.1) is 0 Å². The molecule has 3 heterocycles. The number of fused-ring (bicyclic) bond motifs is 6. The highest BCUT2D eigenvalue weighted by Gasteiger charge is 2.19. The van der Waals surface area contributed by atoms with Crippen LogP contribution >= 0.6 is 0 Å². The molecule has 0 unspecified atom stereocenters. The van der Waals surface area contributed by atoms with Gasteiger partial charge in [0, 0.05) is 43.8 Å². The third kappa shape index (κ3) is 4.67. The molecule has 0 radical (unpaired) electrons. The highest BCUT2D eigenvalue weighted by Crippen LogP contribution is 2.43. The number of hydrogen-bond acceptors (Lipinski definition) is 5. The molecule has 0 bridgehead atoms. The first-order valence-corrected chi connectivity index (χ1v) is 16.6. The Morgan fingerprint density at radius 3 is 1.58 bits per heavy atom. The van der Waals surface area contributed by atoms with Crippen LogP contribution < -0.4 is 0 Å². The molecule has 0 amide bonds. The molecule has 0 fully saturated rings. The van der Waals surface area contributed by atoms with Crippen molar-refractivity contribution in [1.29, 1.82) is 0 Å². The highest BCUT2D eigenvalue weighted by atomic mass is 16.3. The van der Waals surface area contributed by atoms with Gasteiger partial charge in [0.25, 0.3) is 0 Å². The number of hydrogen-bond donors (Lipinski definition) is 0. The first kappa shape index (κ1) is 28.2. The maximum Gasteiger partial charge on any atom is 0.164 e. The Hall–Kier alpha value is -6.85. The molecule has 0 aliphatic rings. The van der Waals surface area contributed by atoms with E-state index < -0.39 is 0 Å². The van der Waals surface area contributed by atoms with Crippen LogP contribution in [0.3, 0.4) is 0 Å². The van der Waals surface area contributed by atoms with Crippen molar-refractivity contribution in [2.24, 2.45) is 0 Å². The monoisotopic (exact) mass is 641 g/mol. The van der Waals surface area contributed by atoms with E-state index in [9.17, 15) is 0 Å². The predicted octanol–water partition coefficient (Wildman–Crippen LogP) is 12.0. The first-order chi connectivity index (χ1) is 24.8. The Bertz CT molecular complexity index is 2800. The fourth-order valence-electron chi connectivity index (χ4n) is 6.94. The van der Waals surface area contributed by atoms with E-state index in [0.717, 1.165) is 82.8 Å². The van der Waals surface area contributed by atoms with Crippen molar-refractivity contribution >= 4 is 43.9 Å². The molecule has 0 saturated heterocycles. The van der Waals surface area contributed by atoms with E-state index >= 15 is 0 Å². The van der Waals surface area contributed by atoms with Gasteiger partial charge in [-0.3, -0.25) is 0 Å². The molecule has 0 atom stereocenters. The van der Waals surface area contributed by atoms with E-state index in [2.05, 4.69) is 72.8 Å². The molecule has 234 valence electrons. The number of nitrogens with zero attached hydrogens (tertiary/aromatic N) is 3. The lowest BCUT2D eigenvalue weighted by atomic mass is 9.94. The average molecular weight is 642 g/mol. The summed E-state index contributed by atoms with van der Waals surface area (Å²) in [6.45, 7) is 0. The molecule has 10 rings (SSSR count). The molecule has 5 nitrogen and oxygen atoms in total. The van der Waals surface area contributed by atoms with Crippen LogP contribution in [0.25, 0.3) is 100 Å². The predicted molar refractivity (Wildman–Crippen MR) is 202 cm³/mol. The topological polar surface area (TPSA) is 65.0 Å². The van der Waals surface area contributed by atoms with Crippen LogP contribution in [0.4, 0.5) is 0 Å². The lowest BCUT2D eigenvalue weighted by Gasteiger charge is -2.09. The summed E-state index contributed by atoms with van der Waals surface area (Å²) in [7, 11) is 0. The lowest BCUT2D eigenvalue weighted by molar-refractivity contribution is 0.668. The van der Waals surface area contributed by atoms with Crippen LogP contribution in [-0.2, 0) is 0 Å². The Morgan fingerprint density at radius 2 is 0.880 bits per heavy atom. The van der Waals surface area contributed by atoms with Crippen LogP contribution in [0.1, 0.15) is 0 Å². The van der Waals surface area contributed by atoms with Crippen molar-refractivity contribution in [2.45, 2.75) is 0 Å². The zero-order valence-electron chi connectivity index (χ0n) is 26.7. The summed E-state index contributed by atoms with van der Waals surface area (Å²) in [4.78, 5) is 14.7. The first-order valence-electron chi connectivity index (χ1n) is 16.6. The van der Waals surface area contributed by atoms with Crippen molar-refractivity contribution < 1.29 is 8.83 Å². The minimum atomic E-state index is 0.589. The third-order valence-corrected chi connectivity index (χ3v) is 9.35. The van der Waals surface area contributed by atoms with Crippen molar-refractivity contribution in [3.63, 3.8) is 0 Å². The summed E-state index contributed by atoms with van der Waals surface area (Å²) in [5.74, 6) is 1.84. The number of rotatable bonds is 5. The van der Waals surface area contributed by atoms with Crippen molar-refractivity contribution in [3.05, 3.63) is 164 Å². The van der Waals surface area contributed by atoms with Crippen LogP contribution in [-0.4, -0.2) is 15.0 Å². The second-order valence-electron chi connectivity index (χ2n) is 12.4. The van der Waals surface area contributed by atoms with E-state index in [4.69, 9.17) is 23.8 Å². The molecule has 0 spiro atoms. The SMILES string of the molecule is c1ccc(-c2nc(-c3ccccc3)nc(-c3ccc4c(c3)oc3ccc(-c5ccc(-c6ccccc6)c6c5oc5ccccc56)cc34)n2)cc1. The molecule has 0 aliphatic heterocycles. The molecule has 7 aromatic carbocycles. The Labute approximate surface area is 287 Å². The Kier molecular flexibility index (Phi) is 6.42. The molecule has 50 heavy (non-hydrogen) atoms. The van der Waals surface area contributed by atoms with Crippen molar-refractivity contribution in [1.82, 2.24) is 15.0 Å². The highest BCUT2D eigenvalue weighted by molar-refractivity contribution is 6.17. The average Bonchev–Trinajstić information content (AvgIpc) is 3.77. The summed E-state index contributed by atoms with van der Waals surface area (Å²) in [5, 5.41) is 4.28. The van der Waals surface area contributed by atoms with Gasteiger partial charge in [-0.25, -0.2) is 15.0 Å². The normalized spacial score (nSPS) is 11.6. The largest absolute Gasteiger partial charge is 0.456 e. The van der Waals surface area contributed by atoms with E-state index in [0.29, 0.717) is 17.5 Å². The Balaban J connectivity index is 1.11. The number of benzene rings is 7. The fourth-order valence-corrected chi connectivity index (χ4v) is 6.94. The van der Waals surface area contributed by atoms with Crippen LogP contribution in [0.5, 0.6) is 0 Å². The van der Waals surface area contributed by atoms with Crippen molar-refractivity contribution in [2.75, 3.05) is 0 Å². The molecule has 5 heteroatoms. The summed E-state index contributed by atoms with van der Waals surface area (Å²) in [5.41, 5.74) is 10.5. The van der Waals surface area contributed by atoms with Gasteiger partial charge in [0.2, 0.25) is 0 Å². The number of aromatic nitrogens is 3. The molecular weight excluding hydrogens is 615 g/mol. The van der Waals surface area contributed by atoms with Gasteiger partial charge in [0.05, 0.1) is 0 Å². The smallest absolute Gasteiger partial charge is 0.164 e. The van der Waals surface area contributed by atoms with E-state index in [1.165, 1.54) is 0 Å². The van der Waals surface area contributed by atoms with Gasteiger partial charge in [-0.05, 0) is 53.1 Å². The molecule has 0 saturated carbocycles. The van der Waals surface area contributed by atoms with Crippen molar-refractivity contribution in [3.8, 4) is 56.4 Å². The molecule has 3 aromatic heterocycles. The quantitative estimate of drug-likeness (QED) is 0.187. The van der Waals surface area contributed by atoms with Crippen LogP contribution in [0.2, 0.25) is 0 Å². The second kappa shape index (κ2) is 11.4. The van der Waals surface area contributed by atoms with Gasteiger partial charge in [0.15, 0.2) is 17.5 Å². The summed E-state index contributed by atoms with van der Waals surface area (Å²) in [6.07, 6.45) is 0. The summed E-state index contributed by atoms with van der Waals surface area (Å²) >= 11 is 0. The van der Waals surface area contributed by atoms with Gasteiger partial charge in [-0.1, -0.05) is 127 Å². The van der Waals surface area contributed by atoms with Gasteiger partial charge >= 0.3 is 0 Å². The molecular formula is C45H27N3O2.